The van der Waals surface area contributed by atoms with Gasteiger partial charge in [-0.25, -0.2) is 0 Å². The number of fused-ring (bicyclic) bond motifs is 1. The molecule has 1 atom stereocenters. The molecule has 1 saturated carbocycles. The van der Waals surface area contributed by atoms with Crippen LogP contribution in [0.4, 0.5) is 5.69 Å². The average Bonchev–Trinajstić information content (AvgIpc) is 2.78. The number of carbonyl (C=O) groups is 2. The number of hydrogen-bond donors (Lipinski definition) is 0. The quantitative estimate of drug-likeness (QED) is 0.505. The summed E-state index contributed by atoms with van der Waals surface area (Å²) < 4.78 is 11.1. The molecule has 0 radical (unpaired) electrons. The molecule has 3 rings (SSSR count). The third-order valence-electron chi connectivity index (χ3n) is 6.74. The van der Waals surface area contributed by atoms with Crippen LogP contribution in [-0.4, -0.2) is 55.2 Å². The maximum atomic E-state index is 13.9. The van der Waals surface area contributed by atoms with Gasteiger partial charge < -0.3 is 19.3 Å². The van der Waals surface area contributed by atoms with E-state index in [1.165, 1.54) is 19.3 Å². The number of ether oxygens (including phenoxy) is 2. The Bertz CT molecular complexity index is 801. The third kappa shape index (κ3) is 5.28. The fraction of sp³-hybridized carbons (Fsp3) is 0.692. The first kappa shape index (κ1) is 24.6. The van der Waals surface area contributed by atoms with Crippen molar-refractivity contribution in [3.05, 3.63) is 23.3 Å². The molecule has 2 aliphatic rings. The van der Waals surface area contributed by atoms with Crippen LogP contribution in [-0.2, 0) is 16.0 Å². The number of unbranched alkanes of at least 4 members (excludes halogenated alkanes) is 1. The Morgan fingerprint density at radius 3 is 2.56 bits per heavy atom. The number of amides is 2. The summed E-state index contributed by atoms with van der Waals surface area (Å²) in [4.78, 5) is 30.7. The van der Waals surface area contributed by atoms with E-state index in [0.29, 0.717) is 30.5 Å². The lowest BCUT2D eigenvalue weighted by Gasteiger charge is -2.38. The molecule has 1 aromatic rings. The van der Waals surface area contributed by atoms with Crippen LogP contribution in [0.2, 0.25) is 0 Å². The van der Waals surface area contributed by atoms with Gasteiger partial charge in [0.1, 0.15) is 5.75 Å². The zero-order chi connectivity index (χ0) is 23.3. The molecule has 32 heavy (non-hydrogen) atoms. The summed E-state index contributed by atoms with van der Waals surface area (Å²) in [7, 11) is 1.69. The monoisotopic (exact) mass is 444 g/mol. The largest absolute Gasteiger partial charge is 0.479 e. The van der Waals surface area contributed by atoms with Crippen LogP contribution >= 0.6 is 0 Å². The van der Waals surface area contributed by atoms with Gasteiger partial charge in [-0.3, -0.25) is 9.59 Å². The van der Waals surface area contributed by atoms with Crippen LogP contribution < -0.4 is 9.64 Å². The maximum absolute atomic E-state index is 13.9. The maximum Gasteiger partial charge on any atom is 0.267 e. The number of nitrogens with zero attached hydrogens (tertiary/aromatic N) is 2. The van der Waals surface area contributed by atoms with Crippen molar-refractivity contribution in [3.63, 3.8) is 0 Å². The Hall–Kier alpha value is -2.08. The van der Waals surface area contributed by atoms with Gasteiger partial charge in [0, 0.05) is 37.9 Å². The molecule has 0 saturated heterocycles. The van der Waals surface area contributed by atoms with Crippen LogP contribution in [0.25, 0.3) is 0 Å². The van der Waals surface area contributed by atoms with Crippen LogP contribution in [0, 0.1) is 0 Å². The molecule has 1 aromatic carbocycles. The zero-order valence-corrected chi connectivity index (χ0v) is 20.5. The number of aryl methyl sites for hydroxylation is 1. The SMILES string of the molecule is CCc1cc2c(cc1C(=O)N(C(C)C)C1CCCCC1)N(CCCCOC)C(=O)[C@@H](C)O2. The summed E-state index contributed by atoms with van der Waals surface area (Å²) in [5, 5.41) is 0. The van der Waals surface area contributed by atoms with Crippen molar-refractivity contribution in [1.82, 2.24) is 4.90 Å². The molecule has 6 heteroatoms. The molecule has 0 aromatic heterocycles. The van der Waals surface area contributed by atoms with Gasteiger partial charge in [0.05, 0.1) is 5.69 Å². The second kappa shape index (κ2) is 11.2. The number of rotatable bonds is 9. The standard InChI is InChI=1S/C26H40N2O4/c1-6-20-16-24-23(27(14-10-11-15-31-5)25(29)19(4)32-24)17-22(20)26(30)28(18(2)3)21-12-8-7-9-13-21/h16-19,21H,6-15H2,1-5H3/t19-/m1/s1. The van der Waals surface area contributed by atoms with E-state index in [1.54, 1.807) is 18.9 Å². The fourth-order valence-electron chi connectivity index (χ4n) is 5.05. The first-order valence-corrected chi connectivity index (χ1v) is 12.4. The molecule has 0 unspecified atom stereocenters. The molecule has 0 spiro atoms. The highest BCUT2D eigenvalue weighted by Crippen LogP contribution is 2.38. The summed E-state index contributed by atoms with van der Waals surface area (Å²) in [6.45, 7) is 9.34. The highest BCUT2D eigenvalue weighted by Gasteiger charge is 2.35. The van der Waals surface area contributed by atoms with Crippen molar-refractivity contribution in [3.8, 4) is 5.75 Å². The van der Waals surface area contributed by atoms with E-state index >= 15 is 0 Å². The van der Waals surface area contributed by atoms with E-state index in [9.17, 15) is 9.59 Å². The number of methoxy groups -OCH3 is 1. The smallest absolute Gasteiger partial charge is 0.267 e. The summed E-state index contributed by atoms with van der Waals surface area (Å²) in [6, 6.07) is 4.32. The molecule has 0 bridgehead atoms. The van der Waals surface area contributed by atoms with Gasteiger partial charge in [-0.15, -0.1) is 0 Å². The topological polar surface area (TPSA) is 59.1 Å². The summed E-state index contributed by atoms with van der Waals surface area (Å²) >= 11 is 0. The predicted octanol–water partition coefficient (Wildman–Crippen LogP) is 4.97. The fourth-order valence-corrected chi connectivity index (χ4v) is 5.05. The molecular formula is C26H40N2O4. The van der Waals surface area contributed by atoms with Crippen LogP contribution in [0.1, 0.15) is 88.6 Å². The van der Waals surface area contributed by atoms with Crippen molar-refractivity contribution in [2.24, 2.45) is 0 Å². The van der Waals surface area contributed by atoms with E-state index in [-0.39, 0.29) is 17.9 Å². The molecule has 1 aliphatic carbocycles. The Labute approximate surface area is 193 Å². The predicted molar refractivity (Wildman–Crippen MR) is 128 cm³/mol. The van der Waals surface area contributed by atoms with Crippen molar-refractivity contribution < 1.29 is 19.1 Å². The first-order chi connectivity index (χ1) is 15.4. The van der Waals surface area contributed by atoms with Gasteiger partial charge in [-0.2, -0.15) is 0 Å². The Kier molecular flexibility index (Phi) is 8.57. The number of anilines is 1. The van der Waals surface area contributed by atoms with E-state index in [2.05, 4.69) is 25.7 Å². The highest BCUT2D eigenvalue weighted by atomic mass is 16.5. The minimum Gasteiger partial charge on any atom is -0.479 e. The molecular weight excluding hydrogens is 404 g/mol. The van der Waals surface area contributed by atoms with Gasteiger partial charge in [0.15, 0.2) is 6.10 Å². The molecule has 2 amide bonds. The molecule has 0 N–H and O–H groups in total. The Balaban J connectivity index is 1.96. The first-order valence-electron chi connectivity index (χ1n) is 12.4. The Morgan fingerprint density at radius 1 is 1.22 bits per heavy atom. The number of hydrogen-bond acceptors (Lipinski definition) is 4. The number of carbonyl (C=O) groups excluding carboxylic acids is 2. The van der Waals surface area contributed by atoms with Crippen molar-refractivity contribution in [1.29, 1.82) is 0 Å². The van der Waals surface area contributed by atoms with Gasteiger partial charge in [-0.05, 0) is 70.6 Å². The normalized spacial score (nSPS) is 19.1. The molecule has 6 nitrogen and oxygen atoms in total. The minimum absolute atomic E-state index is 0.0504. The lowest BCUT2D eigenvalue weighted by molar-refractivity contribution is -0.125. The molecule has 1 fully saturated rings. The van der Waals surface area contributed by atoms with E-state index < -0.39 is 6.10 Å². The average molecular weight is 445 g/mol. The lowest BCUT2D eigenvalue weighted by Crippen LogP contribution is -2.47. The van der Waals surface area contributed by atoms with E-state index in [1.807, 2.05) is 12.1 Å². The third-order valence-corrected chi connectivity index (χ3v) is 6.74. The second-order valence-electron chi connectivity index (χ2n) is 9.38. The van der Waals surface area contributed by atoms with Crippen LogP contribution in [0.15, 0.2) is 12.1 Å². The highest BCUT2D eigenvalue weighted by molar-refractivity contribution is 6.03. The van der Waals surface area contributed by atoms with E-state index in [4.69, 9.17) is 9.47 Å². The Morgan fingerprint density at radius 2 is 1.94 bits per heavy atom. The van der Waals surface area contributed by atoms with Gasteiger partial charge >= 0.3 is 0 Å². The molecule has 1 aliphatic heterocycles. The van der Waals surface area contributed by atoms with Gasteiger partial charge in [-0.1, -0.05) is 26.2 Å². The number of benzene rings is 1. The second-order valence-corrected chi connectivity index (χ2v) is 9.38. The van der Waals surface area contributed by atoms with Crippen LogP contribution in [0.3, 0.4) is 0 Å². The van der Waals surface area contributed by atoms with Gasteiger partial charge in [0.2, 0.25) is 0 Å². The van der Waals surface area contributed by atoms with Crippen LogP contribution in [0.5, 0.6) is 5.75 Å². The lowest BCUT2D eigenvalue weighted by atomic mass is 9.92. The van der Waals surface area contributed by atoms with Gasteiger partial charge in [0.25, 0.3) is 11.8 Å². The zero-order valence-electron chi connectivity index (χ0n) is 20.5. The summed E-state index contributed by atoms with van der Waals surface area (Å²) in [6.07, 6.45) is 7.70. The summed E-state index contributed by atoms with van der Waals surface area (Å²) in [5.74, 6) is 0.730. The van der Waals surface area contributed by atoms with Crippen molar-refractivity contribution in [2.75, 3.05) is 25.2 Å². The molecule has 178 valence electrons. The molecule has 1 heterocycles. The minimum atomic E-state index is -0.523. The van der Waals surface area contributed by atoms with E-state index in [0.717, 1.165) is 43.4 Å². The van der Waals surface area contributed by atoms with Crippen molar-refractivity contribution in [2.45, 2.75) is 97.2 Å². The van der Waals surface area contributed by atoms with Crippen molar-refractivity contribution >= 4 is 17.5 Å². The summed E-state index contributed by atoms with van der Waals surface area (Å²) in [5.41, 5.74) is 2.41.